The van der Waals surface area contributed by atoms with Crippen LogP contribution in [0.3, 0.4) is 0 Å². The Morgan fingerprint density at radius 3 is 2.43 bits per heavy atom. The number of carbonyl (C=O) groups excluding carboxylic acids is 1. The molecule has 0 bridgehead atoms. The van der Waals surface area contributed by atoms with Crippen molar-refractivity contribution in [1.82, 2.24) is 10.2 Å². The van der Waals surface area contributed by atoms with Crippen LogP contribution >= 0.6 is 7.82 Å². The first-order valence-electron chi connectivity index (χ1n) is 10.3. The third-order valence-corrected chi connectivity index (χ3v) is 6.67. The molecule has 0 spiro atoms. The molecule has 0 aliphatic carbocycles. The Hall–Kier alpha value is -2.02. The molecule has 1 amide bonds. The van der Waals surface area contributed by atoms with E-state index >= 15 is 0 Å². The van der Waals surface area contributed by atoms with Crippen LogP contribution in [0.1, 0.15) is 30.0 Å². The average Bonchev–Trinajstić information content (AvgIpc) is 3.32. The maximum atomic E-state index is 13.4. The van der Waals surface area contributed by atoms with Crippen molar-refractivity contribution in [2.75, 3.05) is 13.2 Å². The van der Waals surface area contributed by atoms with E-state index in [1.165, 1.54) is 0 Å². The van der Waals surface area contributed by atoms with Crippen LogP contribution in [-0.2, 0) is 20.4 Å². The summed E-state index contributed by atoms with van der Waals surface area (Å²) in [6.45, 7) is 1.13. The Bertz CT molecular complexity index is 904. The van der Waals surface area contributed by atoms with Crippen LogP contribution in [0.4, 0.5) is 0 Å². The Morgan fingerprint density at radius 2 is 1.77 bits per heavy atom. The quantitative estimate of drug-likeness (QED) is 0.585. The second-order valence-electron chi connectivity index (χ2n) is 7.98. The van der Waals surface area contributed by atoms with Crippen LogP contribution in [0.25, 0.3) is 0 Å². The van der Waals surface area contributed by atoms with Gasteiger partial charge < -0.3 is 15.1 Å². The van der Waals surface area contributed by atoms with Crippen molar-refractivity contribution in [2.24, 2.45) is 11.8 Å². The van der Waals surface area contributed by atoms with E-state index < -0.39 is 13.7 Å². The van der Waals surface area contributed by atoms with Gasteiger partial charge >= 0.3 is 7.82 Å². The van der Waals surface area contributed by atoms with Gasteiger partial charge in [0.05, 0.1) is 12.5 Å². The Morgan fingerprint density at radius 1 is 1.10 bits per heavy atom. The number of benzene rings is 2. The smallest absolute Gasteiger partial charge is 0.352 e. The van der Waals surface area contributed by atoms with Crippen LogP contribution < -0.4 is 5.32 Å². The molecule has 4 atom stereocenters. The zero-order valence-corrected chi connectivity index (χ0v) is 17.5. The Kier molecular flexibility index (Phi) is 6.37. The van der Waals surface area contributed by atoms with Crippen molar-refractivity contribution in [2.45, 2.75) is 31.5 Å². The van der Waals surface area contributed by atoms with Crippen LogP contribution in [0.5, 0.6) is 0 Å². The number of nitrogens with zero attached hydrogens (tertiary/aromatic N) is 1. The fourth-order valence-electron chi connectivity index (χ4n) is 4.99. The van der Waals surface area contributed by atoms with Crippen molar-refractivity contribution in [3.63, 3.8) is 0 Å². The van der Waals surface area contributed by atoms with E-state index in [0.29, 0.717) is 6.54 Å². The monoisotopic (exact) mass is 430 g/mol. The van der Waals surface area contributed by atoms with Gasteiger partial charge in [-0.3, -0.25) is 14.2 Å². The van der Waals surface area contributed by atoms with Gasteiger partial charge in [-0.15, -0.1) is 0 Å². The van der Waals surface area contributed by atoms with Gasteiger partial charge in [0.25, 0.3) is 0 Å². The fraction of sp³-hybridized carbons (Fsp3) is 0.409. The zero-order chi connectivity index (χ0) is 21.1. The van der Waals surface area contributed by atoms with E-state index in [-0.39, 0.29) is 30.5 Å². The highest BCUT2D eigenvalue weighted by molar-refractivity contribution is 7.46. The van der Waals surface area contributed by atoms with Crippen molar-refractivity contribution in [1.29, 1.82) is 0 Å². The second-order valence-corrected chi connectivity index (χ2v) is 9.22. The minimum Gasteiger partial charge on any atom is -0.352 e. The largest absolute Gasteiger partial charge is 0.469 e. The number of amides is 1. The molecule has 4 rings (SSSR count). The molecule has 0 aromatic heterocycles. The molecule has 7 nitrogen and oxygen atoms in total. The standard InChI is InChI=1S/C22H27N2O5P/c25-22(23-14-16-8-3-1-4-9-16)20-18(15-29-30(26,27)28)19-12-7-13-24(19)21(20)17-10-5-2-6-11-17/h1-6,8-11,18-21H,7,12-15H2,(H,23,25)(H2,26,27,28)/t18-,19-,20-,21-/m1/s1. The number of rotatable bonds is 7. The maximum absolute atomic E-state index is 13.4. The SMILES string of the molecule is O=C(NCc1ccccc1)[C@@H]1[C@H](COP(=O)(O)O)[C@H]2CCCN2[C@@H]1c1ccccc1. The highest BCUT2D eigenvalue weighted by Crippen LogP contribution is 2.50. The van der Waals surface area contributed by atoms with Crippen LogP contribution in [0.15, 0.2) is 60.7 Å². The minimum absolute atomic E-state index is 0.0641. The summed E-state index contributed by atoms with van der Waals surface area (Å²) >= 11 is 0. The third-order valence-electron chi connectivity index (χ3n) is 6.18. The lowest BCUT2D eigenvalue weighted by molar-refractivity contribution is -0.127. The van der Waals surface area contributed by atoms with Gasteiger partial charge in [0.1, 0.15) is 0 Å². The highest BCUT2D eigenvalue weighted by Gasteiger charge is 2.54. The number of fused-ring (bicyclic) bond motifs is 1. The molecular formula is C22H27N2O5P. The van der Waals surface area contributed by atoms with Gasteiger partial charge in [0.15, 0.2) is 0 Å². The van der Waals surface area contributed by atoms with Crippen LogP contribution in [0, 0.1) is 11.8 Å². The molecule has 0 saturated carbocycles. The van der Waals surface area contributed by atoms with Crippen molar-refractivity contribution in [3.8, 4) is 0 Å². The molecule has 8 heteroatoms. The van der Waals surface area contributed by atoms with E-state index in [2.05, 4.69) is 10.2 Å². The Labute approximate surface area is 176 Å². The van der Waals surface area contributed by atoms with Gasteiger partial charge in [0.2, 0.25) is 5.91 Å². The number of hydrogen-bond acceptors (Lipinski definition) is 4. The normalized spacial score (nSPS) is 26.5. The lowest BCUT2D eigenvalue weighted by Crippen LogP contribution is -2.38. The molecule has 2 heterocycles. The first-order valence-corrected chi connectivity index (χ1v) is 11.8. The van der Waals surface area contributed by atoms with E-state index in [9.17, 15) is 19.1 Å². The minimum atomic E-state index is -4.62. The molecule has 30 heavy (non-hydrogen) atoms. The molecule has 2 aromatic rings. The predicted molar refractivity (Wildman–Crippen MR) is 112 cm³/mol. The van der Waals surface area contributed by atoms with Gasteiger partial charge in [0, 0.05) is 24.5 Å². The number of phosphoric ester groups is 1. The number of carbonyl (C=O) groups is 1. The number of nitrogens with one attached hydrogen (secondary N) is 1. The molecular weight excluding hydrogens is 403 g/mol. The predicted octanol–water partition coefficient (Wildman–Crippen LogP) is 2.86. The van der Waals surface area contributed by atoms with E-state index in [0.717, 1.165) is 30.5 Å². The number of phosphoric acid groups is 1. The third kappa shape index (κ3) is 4.66. The highest BCUT2D eigenvalue weighted by atomic mass is 31.2. The maximum Gasteiger partial charge on any atom is 0.469 e. The summed E-state index contributed by atoms with van der Waals surface area (Å²) in [4.78, 5) is 34.2. The molecule has 3 N–H and O–H groups in total. The molecule has 160 valence electrons. The van der Waals surface area contributed by atoms with E-state index in [4.69, 9.17) is 4.52 Å². The van der Waals surface area contributed by atoms with Crippen LogP contribution in [-0.4, -0.2) is 39.8 Å². The summed E-state index contributed by atoms with van der Waals surface area (Å²) in [6, 6.07) is 19.5. The van der Waals surface area contributed by atoms with Crippen molar-refractivity contribution >= 4 is 13.7 Å². The summed E-state index contributed by atoms with van der Waals surface area (Å²) in [7, 11) is -4.62. The summed E-state index contributed by atoms with van der Waals surface area (Å²) < 4.78 is 16.3. The first kappa shape index (κ1) is 21.2. The number of hydrogen-bond donors (Lipinski definition) is 3. The molecule has 2 saturated heterocycles. The summed E-state index contributed by atoms with van der Waals surface area (Å²) in [5.41, 5.74) is 2.05. The van der Waals surface area contributed by atoms with Crippen molar-refractivity contribution in [3.05, 3.63) is 71.8 Å². The Balaban J connectivity index is 1.61. The molecule has 2 fully saturated rings. The van der Waals surface area contributed by atoms with Crippen molar-refractivity contribution < 1.29 is 23.7 Å². The van der Waals surface area contributed by atoms with Gasteiger partial charge in [-0.2, -0.15) is 0 Å². The lowest BCUT2D eigenvalue weighted by Gasteiger charge is -2.27. The molecule has 0 unspecified atom stereocenters. The average molecular weight is 430 g/mol. The topological polar surface area (TPSA) is 99.1 Å². The summed E-state index contributed by atoms with van der Waals surface area (Å²) in [5.74, 6) is -0.851. The molecule has 2 aliphatic heterocycles. The first-order chi connectivity index (χ1) is 14.4. The van der Waals surface area contributed by atoms with Gasteiger partial charge in [-0.05, 0) is 30.5 Å². The second kappa shape index (κ2) is 9.00. The molecule has 2 aromatic carbocycles. The van der Waals surface area contributed by atoms with Gasteiger partial charge in [-0.25, -0.2) is 4.57 Å². The van der Waals surface area contributed by atoms with E-state index in [1.807, 2.05) is 60.7 Å². The fourth-order valence-corrected chi connectivity index (χ4v) is 5.35. The van der Waals surface area contributed by atoms with Gasteiger partial charge in [-0.1, -0.05) is 60.7 Å². The lowest BCUT2D eigenvalue weighted by atomic mass is 9.83. The van der Waals surface area contributed by atoms with E-state index in [1.54, 1.807) is 0 Å². The summed E-state index contributed by atoms with van der Waals surface area (Å²) in [5, 5.41) is 3.04. The summed E-state index contributed by atoms with van der Waals surface area (Å²) in [6.07, 6.45) is 1.89. The van der Waals surface area contributed by atoms with Crippen LogP contribution in [0.2, 0.25) is 0 Å². The molecule has 2 aliphatic rings. The zero-order valence-electron chi connectivity index (χ0n) is 16.6. The molecule has 0 radical (unpaired) electrons.